The van der Waals surface area contributed by atoms with Crippen molar-refractivity contribution in [1.82, 2.24) is 0 Å². The maximum atomic E-state index is 12.8. The van der Waals surface area contributed by atoms with Crippen molar-refractivity contribution in [2.75, 3.05) is 31.4 Å². The molecule has 0 radical (unpaired) electrons. The van der Waals surface area contributed by atoms with Gasteiger partial charge in [-0.2, -0.15) is 0 Å². The van der Waals surface area contributed by atoms with Crippen molar-refractivity contribution in [3.05, 3.63) is 35.9 Å². The van der Waals surface area contributed by atoms with E-state index < -0.39 is 10.0 Å². The van der Waals surface area contributed by atoms with Crippen LogP contribution in [0.4, 0.5) is 11.4 Å². The van der Waals surface area contributed by atoms with Gasteiger partial charge in [0.1, 0.15) is 0 Å². The first-order chi connectivity index (χ1) is 12.9. The number of methoxy groups -OCH3 is 3. The number of sulfonamides is 1. The first kappa shape index (κ1) is 18.8. The fraction of sp³-hybridized carbons (Fsp3) is 0.278. The second kappa shape index (κ2) is 7.36. The Labute approximate surface area is 157 Å². The molecule has 8 nitrogen and oxygen atoms in total. The monoisotopic (exact) mass is 392 g/mol. The number of amides is 1. The highest BCUT2D eigenvalue weighted by Crippen LogP contribution is 2.40. The van der Waals surface area contributed by atoms with Gasteiger partial charge in [0.25, 0.3) is 10.0 Å². The molecule has 0 aliphatic carbocycles. The molecule has 144 valence electrons. The lowest BCUT2D eigenvalue weighted by atomic mass is 10.0. The molecular weight excluding hydrogens is 372 g/mol. The van der Waals surface area contributed by atoms with Crippen LogP contribution in [0.2, 0.25) is 0 Å². The van der Waals surface area contributed by atoms with Crippen LogP contribution in [0.15, 0.2) is 35.2 Å². The first-order valence-corrected chi connectivity index (χ1v) is 9.62. The standard InChI is InChI=1S/C18H20N2O6S/c1-24-15-9-12(10-16(25-2)18(15)26-3)20-27(22,23)13-5-6-14-11(8-13)4-7-17(21)19-14/h5-6,8-10,20H,4,7H2,1-3H3,(H,19,21). The number of anilines is 2. The van der Waals surface area contributed by atoms with Gasteiger partial charge in [0.2, 0.25) is 11.7 Å². The minimum Gasteiger partial charge on any atom is -0.493 e. The highest BCUT2D eigenvalue weighted by molar-refractivity contribution is 7.92. The minimum absolute atomic E-state index is 0.0753. The lowest BCUT2D eigenvalue weighted by Gasteiger charge is -2.18. The number of nitrogens with one attached hydrogen (secondary N) is 2. The molecule has 1 amide bonds. The van der Waals surface area contributed by atoms with E-state index in [9.17, 15) is 13.2 Å². The zero-order valence-electron chi connectivity index (χ0n) is 15.2. The Bertz CT molecular complexity index is 962. The van der Waals surface area contributed by atoms with Crippen molar-refractivity contribution in [3.63, 3.8) is 0 Å². The van der Waals surface area contributed by atoms with Crippen LogP contribution in [-0.4, -0.2) is 35.7 Å². The van der Waals surface area contributed by atoms with Gasteiger partial charge in [-0.05, 0) is 30.2 Å². The van der Waals surface area contributed by atoms with Gasteiger partial charge in [0, 0.05) is 24.2 Å². The van der Waals surface area contributed by atoms with E-state index in [1.807, 2.05) is 0 Å². The second-order valence-electron chi connectivity index (χ2n) is 5.89. The Hall–Kier alpha value is -2.94. The quantitative estimate of drug-likeness (QED) is 0.783. The normalized spacial score (nSPS) is 13.4. The number of aryl methyl sites for hydroxylation is 1. The van der Waals surface area contributed by atoms with Gasteiger partial charge in [-0.15, -0.1) is 0 Å². The molecule has 3 rings (SSSR count). The van der Waals surface area contributed by atoms with Gasteiger partial charge in [-0.1, -0.05) is 0 Å². The fourth-order valence-corrected chi connectivity index (χ4v) is 3.97. The van der Waals surface area contributed by atoms with Crippen LogP contribution in [0, 0.1) is 0 Å². The molecule has 0 saturated heterocycles. The van der Waals surface area contributed by atoms with E-state index in [-0.39, 0.29) is 16.5 Å². The summed E-state index contributed by atoms with van der Waals surface area (Å²) < 4.78 is 43.8. The Morgan fingerprint density at radius 3 is 2.22 bits per heavy atom. The third-order valence-corrected chi connectivity index (χ3v) is 5.58. The number of fused-ring (bicyclic) bond motifs is 1. The Kier molecular flexibility index (Phi) is 5.13. The lowest BCUT2D eigenvalue weighted by Crippen LogP contribution is -2.20. The summed E-state index contributed by atoms with van der Waals surface area (Å²) in [6.07, 6.45) is 0.825. The van der Waals surface area contributed by atoms with Gasteiger partial charge in [0.05, 0.1) is 31.9 Å². The summed E-state index contributed by atoms with van der Waals surface area (Å²) in [4.78, 5) is 11.5. The third-order valence-electron chi connectivity index (χ3n) is 4.20. The van der Waals surface area contributed by atoms with E-state index >= 15 is 0 Å². The van der Waals surface area contributed by atoms with Gasteiger partial charge in [0.15, 0.2) is 11.5 Å². The molecule has 0 unspecified atom stereocenters. The summed E-state index contributed by atoms with van der Waals surface area (Å²) in [6.45, 7) is 0. The molecule has 0 atom stereocenters. The van der Waals surface area contributed by atoms with Gasteiger partial charge >= 0.3 is 0 Å². The Morgan fingerprint density at radius 2 is 1.63 bits per heavy atom. The molecule has 0 aromatic heterocycles. The molecule has 1 aliphatic heterocycles. The Morgan fingerprint density at radius 1 is 0.963 bits per heavy atom. The van der Waals surface area contributed by atoms with Gasteiger partial charge in [-0.25, -0.2) is 8.42 Å². The molecule has 9 heteroatoms. The summed E-state index contributed by atoms with van der Waals surface area (Å²) in [7, 11) is 0.527. The molecule has 1 aliphatic rings. The Balaban J connectivity index is 1.94. The molecule has 0 bridgehead atoms. The molecule has 2 aromatic rings. The van der Waals surface area contributed by atoms with Crippen molar-refractivity contribution >= 4 is 27.3 Å². The molecular formula is C18H20N2O6S. The van der Waals surface area contributed by atoms with E-state index in [0.29, 0.717) is 35.8 Å². The fourth-order valence-electron chi connectivity index (χ4n) is 2.88. The van der Waals surface area contributed by atoms with Crippen molar-refractivity contribution in [2.24, 2.45) is 0 Å². The van der Waals surface area contributed by atoms with E-state index in [1.54, 1.807) is 12.1 Å². The van der Waals surface area contributed by atoms with Gasteiger partial charge < -0.3 is 19.5 Å². The van der Waals surface area contributed by atoms with Crippen LogP contribution >= 0.6 is 0 Å². The summed E-state index contributed by atoms with van der Waals surface area (Å²) in [5, 5.41) is 2.73. The lowest BCUT2D eigenvalue weighted by molar-refractivity contribution is -0.116. The number of carbonyl (C=O) groups excluding carboxylic acids is 1. The number of hydrogen-bond donors (Lipinski definition) is 2. The number of ether oxygens (including phenoxy) is 3. The van der Waals surface area contributed by atoms with Crippen molar-refractivity contribution in [1.29, 1.82) is 0 Å². The predicted octanol–water partition coefficient (Wildman–Crippen LogP) is 2.40. The van der Waals surface area contributed by atoms with Crippen LogP contribution in [0.3, 0.4) is 0 Å². The average molecular weight is 392 g/mol. The summed E-state index contributed by atoms with van der Waals surface area (Å²) in [5.74, 6) is 0.964. The number of carbonyl (C=O) groups is 1. The molecule has 0 fully saturated rings. The minimum atomic E-state index is -3.84. The average Bonchev–Trinajstić information content (AvgIpc) is 2.66. The van der Waals surface area contributed by atoms with Crippen LogP contribution in [0.1, 0.15) is 12.0 Å². The van der Waals surface area contributed by atoms with Crippen LogP contribution < -0.4 is 24.2 Å². The zero-order valence-corrected chi connectivity index (χ0v) is 16.0. The highest BCUT2D eigenvalue weighted by atomic mass is 32.2. The van der Waals surface area contributed by atoms with Gasteiger partial charge in [-0.3, -0.25) is 9.52 Å². The zero-order chi connectivity index (χ0) is 19.6. The molecule has 2 aromatic carbocycles. The first-order valence-electron chi connectivity index (χ1n) is 8.13. The highest BCUT2D eigenvalue weighted by Gasteiger charge is 2.21. The smallest absolute Gasteiger partial charge is 0.261 e. The number of benzene rings is 2. The predicted molar refractivity (Wildman–Crippen MR) is 100 cm³/mol. The SMILES string of the molecule is COc1cc(NS(=O)(=O)c2ccc3c(c2)CCC(=O)N3)cc(OC)c1OC. The van der Waals surface area contributed by atoms with Crippen molar-refractivity contribution in [2.45, 2.75) is 17.7 Å². The van der Waals surface area contributed by atoms with E-state index in [1.165, 1.54) is 39.5 Å². The van der Waals surface area contributed by atoms with Crippen molar-refractivity contribution < 1.29 is 27.4 Å². The van der Waals surface area contributed by atoms with Crippen LogP contribution in [-0.2, 0) is 21.2 Å². The molecule has 27 heavy (non-hydrogen) atoms. The summed E-state index contributed by atoms with van der Waals surface area (Å²) in [5.41, 5.74) is 1.69. The number of hydrogen-bond acceptors (Lipinski definition) is 6. The van der Waals surface area contributed by atoms with E-state index in [4.69, 9.17) is 14.2 Å². The largest absolute Gasteiger partial charge is 0.493 e. The molecule has 0 saturated carbocycles. The van der Waals surface area contributed by atoms with Crippen molar-refractivity contribution in [3.8, 4) is 17.2 Å². The van der Waals surface area contributed by atoms with Crippen LogP contribution in [0.5, 0.6) is 17.2 Å². The second-order valence-corrected chi connectivity index (χ2v) is 7.57. The summed E-state index contributed by atoms with van der Waals surface area (Å²) in [6, 6.07) is 7.63. The maximum absolute atomic E-state index is 12.8. The summed E-state index contributed by atoms with van der Waals surface area (Å²) >= 11 is 0. The van der Waals surface area contributed by atoms with E-state index in [0.717, 1.165) is 5.56 Å². The number of rotatable bonds is 6. The topological polar surface area (TPSA) is 103 Å². The molecule has 0 spiro atoms. The van der Waals surface area contributed by atoms with E-state index in [2.05, 4.69) is 10.0 Å². The van der Waals surface area contributed by atoms with Crippen LogP contribution in [0.25, 0.3) is 0 Å². The maximum Gasteiger partial charge on any atom is 0.261 e. The molecule has 2 N–H and O–H groups in total. The third kappa shape index (κ3) is 3.77. The molecule has 1 heterocycles.